The van der Waals surface area contributed by atoms with Crippen LogP contribution in [0.5, 0.6) is 0 Å². The smallest absolute Gasteiger partial charge is 0.256 e. The summed E-state index contributed by atoms with van der Waals surface area (Å²) in [5.41, 5.74) is 9.87. The van der Waals surface area contributed by atoms with Gasteiger partial charge in [0, 0.05) is 16.9 Å². The van der Waals surface area contributed by atoms with Crippen molar-refractivity contribution < 1.29 is 4.79 Å². The molecule has 2 aromatic rings. The third-order valence-corrected chi connectivity index (χ3v) is 3.27. The monoisotopic (exact) mass is 254 g/mol. The van der Waals surface area contributed by atoms with E-state index in [2.05, 4.69) is 12.2 Å². The Bertz CT molecular complexity index is 605. The van der Waals surface area contributed by atoms with Gasteiger partial charge in [-0.3, -0.25) is 4.79 Å². The van der Waals surface area contributed by atoms with Gasteiger partial charge < -0.3 is 11.1 Å². The van der Waals surface area contributed by atoms with E-state index >= 15 is 0 Å². The van der Waals surface area contributed by atoms with Crippen molar-refractivity contribution in [3.05, 3.63) is 59.2 Å². The van der Waals surface area contributed by atoms with E-state index in [0.717, 1.165) is 23.2 Å². The molecule has 3 N–H and O–H groups in total. The van der Waals surface area contributed by atoms with Crippen LogP contribution in [0.3, 0.4) is 0 Å². The molecule has 0 bridgehead atoms. The number of aryl methyl sites for hydroxylation is 1. The number of benzene rings is 2. The van der Waals surface area contributed by atoms with Crippen molar-refractivity contribution in [3.8, 4) is 0 Å². The van der Waals surface area contributed by atoms with Gasteiger partial charge in [-0.25, -0.2) is 0 Å². The van der Waals surface area contributed by atoms with E-state index in [1.807, 2.05) is 31.2 Å². The van der Waals surface area contributed by atoms with Crippen LogP contribution in [0.25, 0.3) is 0 Å². The number of hydrogen-bond donors (Lipinski definition) is 2. The molecule has 98 valence electrons. The predicted molar refractivity (Wildman–Crippen MR) is 79.4 cm³/mol. The normalized spacial score (nSPS) is 10.2. The Hall–Kier alpha value is -2.29. The van der Waals surface area contributed by atoms with Gasteiger partial charge in [0.2, 0.25) is 0 Å². The summed E-state index contributed by atoms with van der Waals surface area (Å²) in [5.74, 6) is -0.120. The molecule has 0 aliphatic heterocycles. The standard InChI is InChI=1S/C16H18N2O/c1-3-12-7-4-5-10-15(12)18-16(19)13-8-6-9-14(17)11(13)2/h4-10H,3,17H2,1-2H3,(H,18,19). The summed E-state index contributed by atoms with van der Waals surface area (Å²) in [4.78, 5) is 12.3. The maximum Gasteiger partial charge on any atom is 0.256 e. The zero-order valence-electron chi connectivity index (χ0n) is 11.2. The number of rotatable bonds is 3. The van der Waals surface area contributed by atoms with Crippen molar-refractivity contribution >= 4 is 17.3 Å². The number of nitrogen functional groups attached to an aromatic ring is 1. The first-order valence-corrected chi connectivity index (χ1v) is 6.37. The van der Waals surface area contributed by atoms with Crippen LogP contribution in [-0.4, -0.2) is 5.91 Å². The molecule has 0 spiro atoms. The minimum absolute atomic E-state index is 0.120. The average molecular weight is 254 g/mol. The Morgan fingerprint density at radius 1 is 1.16 bits per heavy atom. The molecule has 3 heteroatoms. The maximum absolute atomic E-state index is 12.3. The van der Waals surface area contributed by atoms with Crippen LogP contribution >= 0.6 is 0 Å². The van der Waals surface area contributed by atoms with Crippen LogP contribution in [0, 0.1) is 6.92 Å². The van der Waals surface area contributed by atoms with Crippen molar-refractivity contribution in [2.45, 2.75) is 20.3 Å². The summed E-state index contributed by atoms with van der Waals surface area (Å²) in [6.45, 7) is 3.92. The van der Waals surface area contributed by atoms with Gasteiger partial charge in [0.05, 0.1) is 0 Å². The molecular weight excluding hydrogens is 236 g/mol. The second-order valence-electron chi connectivity index (χ2n) is 4.48. The molecule has 0 unspecified atom stereocenters. The number of carbonyl (C=O) groups is 1. The van der Waals surface area contributed by atoms with Crippen LogP contribution in [0.1, 0.15) is 28.4 Å². The number of amides is 1. The molecule has 0 saturated carbocycles. The lowest BCUT2D eigenvalue weighted by Crippen LogP contribution is -2.15. The molecule has 0 radical (unpaired) electrons. The molecule has 0 atom stereocenters. The summed E-state index contributed by atoms with van der Waals surface area (Å²) in [6, 6.07) is 13.2. The van der Waals surface area contributed by atoms with Gasteiger partial charge in [-0.1, -0.05) is 31.2 Å². The minimum Gasteiger partial charge on any atom is -0.398 e. The SMILES string of the molecule is CCc1ccccc1NC(=O)c1cccc(N)c1C. The molecule has 2 rings (SSSR count). The zero-order chi connectivity index (χ0) is 13.8. The quantitative estimate of drug-likeness (QED) is 0.825. The van der Waals surface area contributed by atoms with E-state index in [4.69, 9.17) is 5.73 Å². The second-order valence-corrected chi connectivity index (χ2v) is 4.48. The van der Waals surface area contributed by atoms with Gasteiger partial charge in [0.1, 0.15) is 0 Å². The van der Waals surface area contributed by atoms with E-state index in [-0.39, 0.29) is 5.91 Å². The molecule has 19 heavy (non-hydrogen) atoms. The third-order valence-electron chi connectivity index (χ3n) is 3.27. The summed E-state index contributed by atoms with van der Waals surface area (Å²) in [6.07, 6.45) is 0.881. The van der Waals surface area contributed by atoms with Gasteiger partial charge in [0.15, 0.2) is 0 Å². The van der Waals surface area contributed by atoms with E-state index in [1.165, 1.54) is 0 Å². The fourth-order valence-electron chi connectivity index (χ4n) is 2.04. The molecule has 0 aliphatic rings. The fraction of sp³-hybridized carbons (Fsp3) is 0.188. The van der Waals surface area contributed by atoms with Crippen LogP contribution < -0.4 is 11.1 Å². The molecule has 0 aliphatic carbocycles. The maximum atomic E-state index is 12.3. The summed E-state index contributed by atoms with van der Waals surface area (Å²) in [7, 11) is 0. The van der Waals surface area contributed by atoms with Gasteiger partial charge in [-0.2, -0.15) is 0 Å². The van der Waals surface area contributed by atoms with Crippen molar-refractivity contribution in [1.29, 1.82) is 0 Å². The highest BCUT2D eigenvalue weighted by molar-refractivity contribution is 6.06. The third kappa shape index (κ3) is 2.76. The van der Waals surface area contributed by atoms with E-state index in [9.17, 15) is 4.79 Å². The Morgan fingerprint density at radius 2 is 1.89 bits per heavy atom. The highest BCUT2D eigenvalue weighted by Gasteiger charge is 2.11. The Labute approximate surface area is 113 Å². The molecule has 0 fully saturated rings. The van der Waals surface area contributed by atoms with E-state index in [0.29, 0.717) is 11.3 Å². The lowest BCUT2D eigenvalue weighted by Gasteiger charge is -2.12. The summed E-state index contributed by atoms with van der Waals surface area (Å²) >= 11 is 0. The van der Waals surface area contributed by atoms with Crippen LogP contribution in [0.2, 0.25) is 0 Å². The Morgan fingerprint density at radius 3 is 2.63 bits per heavy atom. The number of anilines is 2. The largest absolute Gasteiger partial charge is 0.398 e. The number of nitrogens with one attached hydrogen (secondary N) is 1. The first-order valence-electron chi connectivity index (χ1n) is 6.37. The Kier molecular flexibility index (Phi) is 3.85. The molecular formula is C16H18N2O. The topological polar surface area (TPSA) is 55.1 Å². The number of carbonyl (C=O) groups excluding carboxylic acids is 1. The molecule has 2 aromatic carbocycles. The van der Waals surface area contributed by atoms with E-state index in [1.54, 1.807) is 18.2 Å². The number of nitrogens with two attached hydrogens (primary N) is 1. The van der Waals surface area contributed by atoms with Crippen LogP contribution in [-0.2, 0) is 6.42 Å². The lowest BCUT2D eigenvalue weighted by molar-refractivity contribution is 0.102. The second kappa shape index (κ2) is 5.57. The molecule has 3 nitrogen and oxygen atoms in total. The van der Waals surface area contributed by atoms with Crippen LogP contribution in [0.15, 0.2) is 42.5 Å². The molecule has 0 saturated heterocycles. The van der Waals surface area contributed by atoms with Crippen LogP contribution in [0.4, 0.5) is 11.4 Å². The van der Waals surface area contributed by atoms with Crippen molar-refractivity contribution in [3.63, 3.8) is 0 Å². The van der Waals surface area contributed by atoms with Gasteiger partial charge in [0.25, 0.3) is 5.91 Å². The zero-order valence-corrected chi connectivity index (χ0v) is 11.2. The van der Waals surface area contributed by atoms with Crippen molar-refractivity contribution in [2.75, 3.05) is 11.1 Å². The van der Waals surface area contributed by atoms with Crippen molar-refractivity contribution in [1.82, 2.24) is 0 Å². The predicted octanol–water partition coefficient (Wildman–Crippen LogP) is 3.39. The van der Waals surface area contributed by atoms with Gasteiger partial charge in [-0.05, 0) is 42.7 Å². The summed E-state index contributed by atoms with van der Waals surface area (Å²) < 4.78 is 0. The lowest BCUT2D eigenvalue weighted by atomic mass is 10.1. The number of hydrogen-bond acceptors (Lipinski definition) is 2. The highest BCUT2D eigenvalue weighted by Crippen LogP contribution is 2.20. The minimum atomic E-state index is -0.120. The Balaban J connectivity index is 2.28. The average Bonchev–Trinajstić information content (AvgIpc) is 2.42. The number of para-hydroxylation sites is 1. The molecule has 1 amide bonds. The van der Waals surface area contributed by atoms with Gasteiger partial charge in [-0.15, -0.1) is 0 Å². The molecule has 0 heterocycles. The van der Waals surface area contributed by atoms with E-state index < -0.39 is 0 Å². The highest BCUT2D eigenvalue weighted by atomic mass is 16.1. The first kappa shape index (κ1) is 13.1. The molecule has 0 aromatic heterocycles. The fourth-order valence-corrected chi connectivity index (χ4v) is 2.04. The van der Waals surface area contributed by atoms with Gasteiger partial charge >= 0.3 is 0 Å². The summed E-state index contributed by atoms with van der Waals surface area (Å²) in [5, 5.41) is 2.95. The first-order chi connectivity index (χ1) is 9.13. The van der Waals surface area contributed by atoms with Crippen molar-refractivity contribution in [2.24, 2.45) is 0 Å².